The molecule has 1 atom stereocenters. The van der Waals surface area contributed by atoms with Crippen LogP contribution < -0.4 is 10.1 Å². The van der Waals surface area contributed by atoms with Gasteiger partial charge in [0.25, 0.3) is 0 Å². The highest BCUT2D eigenvalue weighted by Crippen LogP contribution is 2.18. The number of carbonyl (C=O) groups is 1. The summed E-state index contributed by atoms with van der Waals surface area (Å²) in [6.07, 6.45) is -0.605. The summed E-state index contributed by atoms with van der Waals surface area (Å²) < 4.78 is 11.8. The van der Waals surface area contributed by atoms with Gasteiger partial charge in [-0.2, -0.15) is 0 Å². The summed E-state index contributed by atoms with van der Waals surface area (Å²) in [6, 6.07) is 17.1. The van der Waals surface area contributed by atoms with E-state index >= 15 is 0 Å². The molecule has 2 aromatic rings. The van der Waals surface area contributed by atoms with E-state index in [0.717, 1.165) is 15.8 Å². The first-order valence-electron chi connectivity index (χ1n) is 7.00. The van der Waals surface area contributed by atoms with Crippen molar-refractivity contribution in [3.8, 4) is 5.75 Å². The van der Waals surface area contributed by atoms with E-state index in [9.17, 15) is 4.79 Å². The van der Waals surface area contributed by atoms with Gasteiger partial charge in [-0.05, 0) is 30.7 Å². The Balaban J connectivity index is 1.69. The Bertz CT molecular complexity index is 604. The van der Waals surface area contributed by atoms with E-state index in [1.807, 2.05) is 61.5 Å². The van der Waals surface area contributed by atoms with Gasteiger partial charge >= 0.3 is 6.09 Å². The zero-order chi connectivity index (χ0) is 15.8. The molecule has 0 spiro atoms. The highest BCUT2D eigenvalue weighted by Gasteiger charge is 2.08. The van der Waals surface area contributed by atoms with Gasteiger partial charge < -0.3 is 14.8 Å². The molecular formula is C17H18BrNO3. The quantitative estimate of drug-likeness (QED) is 0.838. The lowest BCUT2D eigenvalue weighted by molar-refractivity contribution is 0.132. The van der Waals surface area contributed by atoms with E-state index in [1.165, 1.54) is 0 Å². The highest BCUT2D eigenvalue weighted by atomic mass is 79.9. The van der Waals surface area contributed by atoms with Gasteiger partial charge in [0, 0.05) is 4.47 Å². The van der Waals surface area contributed by atoms with Gasteiger partial charge in [-0.1, -0.05) is 52.3 Å². The number of carbonyl (C=O) groups excluding carboxylic acids is 1. The maximum atomic E-state index is 11.6. The van der Waals surface area contributed by atoms with Crippen molar-refractivity contribution in [2.45, 2.75) is 19.6 Å². The van der Waals surface area contributed by atoms with Gasteiger partial charge in [-0.3, -0.25) is 0 Å². The maximum Gasteiger partial charge on any atom is 0.407 e. The van der Waals surface area contributed by atoms with E-state index in [4.69, 9.17) is 9.47 Å². The summed E-state index contributed by atoms with van der Waals surface area (Å²) in [5.74, 6) is 0.751. The van der Waals surface area contributed by atoms with Gasteiger partial charge in [0.1, 0.15) is 18.5 Å². The molecule has 0 aliphatic carbocycles. The van der Waals surface area contributed by atoms with Crippen LogP contribution in [0, 0.1) is 0 Å². The third-order valence-corrected chi connectivity index (χ3v) is 3.37. The monoisotopic (exact) mass is 363 g/mol. The summed E-state index contributed by atoms with van der Waals surface area (Å²) in [5.41, 5.74) is 0.955. The number of hydrogen-bond donors (Lipinski definition) is 1. The van der Waals surface area contributed by atoms with Gasteiger partial charge in [-0.25, -0.2) is 4.79 Å². The molecule has 0 fully saturated rings. The predicted molar refractivity (Wildman–Crippen MR) is 88.9 cm³/mol. The van der Waals surface area contributed by atoms with Crippen molar-refractivity contribution in [2.24, 2.45) is 0 Å². The number of halogens is 1. The number of ether oxygens (including phenoxy) is 2. The number of nitrogens with one attached hydrogen (secondary N) is 1. The van der Waals surface area contributed by atoms with Crippen molar-refractivity contribution in [3.05, 3.63) is 64.6 Å². The Kier molecular flexibility index (Phi) is 6.27. The van der Waals surface area contributed by atoms with Crippen molar-refractivity contribution < 1.29 is 14.3 Å². The number of rotatable bonds is 6. The minimum absolute atomic E-state index is 0.154. The average molecular weight is 364 g/mol. The van der Waals surface area contributed by atoms with Crippen LogP contribution in [0.4, 0.5) is 4.79 Å². The molecule has 0 saturated carbocycles. The van der Waals surface area contributed by atoms with Gasteiger partial charge in [0.2, 0.25) is 0 Å². The lowest BCUT2D eigenvalue weighted by Gasteiger charge is -2.15. The second-order valence-electron chi connectivity index (χ2n) is 4.83. The summed E-state index contributed by atoms with van der Waals surface area (Å²) >= 11 is 3.39. The van der Waals surface area contributed by atoms with Crippen LogP contribution in [-0.4, -0.2) is 18.7 Å². The fraction of sp³-hybridized carbons (Fsp3) is 0.235. The van der Waals surface area contributed by atoms with Crippen LogP contribution in [0.3, 0.4) is 0 Å². The SMILES string of the molecule is CC(CNC(=O)OCc1ccccc1)Oc1cccc(Br)c1. The molecule has 1 N–H and O–H groups in total. The summed E-state index contributed by atoms with van der Waals surface area (Å²) in [7, 11) is 0. The molecule has 0 saturated heterocycles. The lowest BCUT2D eigenvalue weighted by Crippen LogP contribution is -2.33. The maximum absolute atomic E-state index is 11.6. The molecule has 22 heavy (non-hydrogen) atoms. The molecule has 1 unspecified atom stereocenters. The molecular weight excluding hydrogens is 346 g/mol. The molecule has 116 valence electrons. The largest absolute Gasteiger partial charge is 0.489 e. The molecule has 2 rings (SSSR count). The van der Waals surface area contributed by atoms with Crippen molar-refractivity contribution in [1.29, 1.82) is 0 Å². The Hall–Kier alpha value is -2.01. The van der Waals surface area contributed by atoms with Crippen LogP contribution in [-0.2, 0) is 11.3 Å². The third kappa shape index (κ3) is 5.77. The van der Waals surface area contributed by atoms with Gasteiger partial charge in [0.05, 0.1) is 6.54 Å². The van der Waals surface area contributed by atoms with Crippen molar-refractivity contribution in [2.75, 3.05) is 6.54 Å². The number of alkyl carbamates (subject to hydrolysis) is 1. The van der Waals surface area contributed by atoms with Crippen LogP contribution in [0.5, 0.6) is 5.75 Å². The van der Waals surface area contributed by atoms with Gasteiger partial charge in [0.15, 0.2) is 0 Å². The average Bonchev–Trinajstić information content (AvgIpc) is 2.52. The number of benzene rings is 2. The van der Waals surface area contributed by atoms with Crippen LogP contribution in [0.15, 0.2) is 59.1 Å². The standard InChI is InChI=1S/C17H18BrNO3/c1-13(22-16-9-5-8-15(18)10-16)11-19-17(20)21-12-14-6-3-2-4-7-14/h2-10,13H,11-12H2,1H3,(H,19,20). The minimum Gasteiger partial charge on any atom is -0.489 e. The van der Waals surface area contributed by atoms with E-state index < -0.39 is 6.09 Å². The van der Waals surface area contributed by atoms with E-state index in [2.05, 4.69) is 21.2 Å². The molecule has 0 radical (unpaired) electrons. The smallest absolute Gasteiger partial charge is 0.407 e. The first-order chi connectivity index (χ1) is 10.6. The Morgan fingerprint density at radius 2 is 1.95 bits per heavy atom. The van der Waals surface area contributed by atoms with E-state index in [1.54, 1.807) is 0 Å². The zero-order valence-corrected chi connectivity index (χ0v) is 13.9. The zero-order valence-electron chi connectivity index (χ0n) is 12.3. The Labute approximate surface area is 138 Å². The number of amides is 1. The Morgan fingerprint density at radius 3 is 2.68 bits per heavy atom. The number of hydrogen-bond acceptors (Lipinski definition) is 3. The second kappa shape index (κ2) is 8.44. The normalized spacial score (nSPS) is 11.5. The fourth-order valence-electron chi connectivity index (χ4n) is 1.82. The summed E-state index contributed by atoms with van der Waals surface area (Å²) in [5, 5.41) is 2.69. The molecule has 5 heteroatoms. The van der Waals surface area contributed by atoms with Crippen molar-refractivity contribution in [1.82, 2.24) is 5.32 Å². The predicted octanol–water partition coefficient (Wildman–Crippen LogP) is 4.14. The van der Waals surface area contributed by atoms with E-state index in [-0.39, 0.29) is 12.7 Å². The van der Waals surface area contributed by atoms with Crippen LogP contribution >= 0.6 is 15.9 Å². The molecule has 0 aromatic heterocycles. The van der Waals surface area contributed by atoms with Crippen LogP contribution in [0.2, 0.25) is 0 Å². The summed E-state index contributed by atoms with van der Waals surface area (Å²) in [6.45, 7) is 2.52. The van der Waals surface area contributed by atoms with Crippen LogP contribution in [0.25, 0.3) is 0 Å². The first-order valence-corrected chi connectivity index (χ1v) is 7.79. The van der Waals surface area contributed by atoms with E-state index in [0.29, 0.717) is 6.54 Å². The highest BCUT2D eigenvalue weighted by molar-refractivity contribution is 9.10. The third-order valence-electron chi connectivity index (χ3n) is 2.88. The second-order valence-corrected chi connectivity index (χ2v) is 5.74. The van der Waals surface area contributed by atoms with Crippen molar-refractivity contribution in [3.63, 3.8) is 0 Å². The minimum atomic E-state index is -0.450. The molecule has 0 bridgehead atoms. The molecule has 4 nitrogen and oxygen atoms in total. The fourth-order valence-corrected chi connectivity index (χ4v) is 2.19. The molecule has 0 aliphatic rings. The Morgan fingerprint density at radius 1 is 1.18 bits per heavy atom. The molecule has 1 amide bonds. The van der Waals surface area contributed by atoms with Gasteiger partial charge in [-0.15, -0.1) is 0 Å². The lowest BCUT2D eigenvalue weighted by atomic mass is 10.2. The first kappa shape index (κ1) is 16.4. The molecule has 0 aliphatic heterocycles. The summed E-state index contributed by atoms with van der Waals surface area (Å²) in [4.78, 5) is 11.6. The molecule has 2 aromatic carbocycles. The van der Waals surface area contributed by atoms with Crippen molar-refractivity contribution >= 4 is 22.0 Å². The topological polar surface area (TPSA) is 47.6 Å². The molecule has 0 heterocycles. The van der Waals surface area contributed by atoms with Crippen LogP contribution in [0.1, 0.15) is 12.5 Å².